The van der Waals surface area contributed by atoms with E-state index in [9.17, 15) is 19.8 Å². The molecule has 0 unspecified atom stereocenters. The van der Waals surface area contributed by atoms with Crippen molar-refractivity contribution in [1.82, 2.24) is 4.90 Å². The number of carbonyl (C=O) groups excluding carboxylic acids is 1. The van der Waals surface area contributed by atoms with E-state index >= 15 is 0 Å². The van der Waals surface area contributed by atoms with Gasteiger partial charge in [-0.1, -0.05) is 30.3 Å². The van der Waals surface area contributed by atoms with Crippen molar-refractivity contribution in [3.05, 3.63) is 69.3 Å². The molecule has 6 nitrogen and oxygen atoms in total. The van der Waals surface area contributed by atoms with Crippen LogP contribution in [0.15, 0.2) is 45.6 Å². The second-order valence-electron chi connectivity index (χ2n) is 8.38. The third-order valence-corrected chi connectivity index (χ3v) is 6.31. The Labute approximate surface area is 169 Å². The minimum atomic E-state index is -0.734. The fourth-order valence-electron chi connectivity index (χ4n) is 4.70. The standard InChI is InChI=1S/C23H27NO5/c1-14-9-18(8-7-15-5-3-2-4-6-15)29-23(28)21(14)22(27)24-12-16-10-19(25)20(26)11-17(16)13-24/h2-6,9,16-17,19-20,25-26H,7-8,10-13H2,1H3/t16-,17+,19-,20-/m0/s1. The number of rotatable bonds is 4. The minimum Gasteiger partial charge on any atom is -0.427 e. The van der Waals surface area contributed by atoms with Gasteiger partial charge in [0.05, 0.1) is 12.2 Å². The highest BCUT2D eigenvalue weighted by molar-refractivity contribution is 5.95. The molecule has 2 heterocycles. The van der Waals surface area contributed by atoms with Crippen LogP contribution in [-0.2, 0) is 12.8 Å². The molecule has 4 rings (SSSR count). The summed E-state index contributed by atoms with van der Waals surface area (Å²) in [4.78, 5) is 27.3. The molecule has 2 aromatic rings. The molecule has 6 heteroatoms. The first-order chi connectivity index (χ1) is 13.9. The smallest absolute Gasteiger partial charge is 0.349 e. The molecule has 2 N–H and O–H groups in total. The van der Waals surface area contributed by atoms with Crippen molar-refractivity contribution in [2.75, 3.05) is 13.1 Å². The molecule has 29 heavy (non-hydrogen) atoms. The maximum Gasteiger partial charge on any atom is 0.349 e. The molecule has 1 amide bonds. The molecule has 0 radical (unpaired) electrons. The Hall–Kier alpha value is -2.44. The number of benzene rings is 1. The molecule has 1 aromatic carbocycles. The van der Waals surface area contributed by atoms with Crippen LogP contribution in [0, 0.1) is 18.8 Å². The van der Waals surface area contributed by atoms with E-state index in [-0.39, 0.29) is 23.3 Å². The number of carbonyl (C=O) groups is 1. The number of aliphatic hydroxyl groups excluding tert-OH is 2. The first kappa shape index (κ1) is 19.9. The van der Waals surface area contributed by atoms with Crippen LogP contribution in [0.5, 0.6) is 0 Å². The molecular weight excluding hydrogens is 370 g/mol. The largest absolute Gasteiger partial charge is 0.427 e. The lowest BCUT2D eigenvalue weighted by molar-refractivity contribution is -0.0372. The average molecular weight is 397 g/mol. The number of likely N-dealkylation sites (tertiary alicyclic amines) is 1. The highest BCUT2D eigenvalue weighted by Crippen LogP contribution is 2.37. The highest BCUT2D eigenvalue weighted by Gasteiger charge is 2.43. The maximum absolute atomic E-state index is 13.0. The summed E-state index contributed by atoms with van der Waals surface area (Å²) >= 11 is 0. The summed E-state index contributed by atoms with van der Waals surface area (Å²) in [5.74, 6) is 0.586. The number of hydrogen-bond acceptors (Lipinski definition) is 5. The van der Waals surface area contributed by atoms with Gasteiger partial charge in [0.2, 0.25) is 0 Å². The first-order valence-electron chi connectivity index (χ1n) is 10.3. The molecule has 1 aliphatic heterocycles. The van der Waals surface area contributed by atoms with Crippen LogP contribution < -0.4 is 5.63 Å². The number of nitrogens with zero attached hydrogens (tertiary/aromatic N) is 1. The molecule has 2 fully saturated rings. The normalized spacial score (nSPS) is 26.4. The van der Waals surface area contributed by atoms with E-state index in [1.807, 2.05) is 30.3 Å². The quantitative estimate of drug-likeness (QED) is 0.823. The van der Waals surface area contributed by atoms with Gasteiger partial charge in [-0.25, -0.2) is 4.79 Å². The lowest BCUT2D eigenvalue weighted by atomic mass is 9.79. The topological polar surface area (TPSA) is 91.0 Å². The molecule has 4 atom stereocenters. The summed E-state index contributed by atoms with van der Waals surface area (Å²) in [6.07, 6.45) is 0.863. The van der Waals surface area contributed by atoms with E-state index in [2.05, 4.69) is 0 Å². The monoisotopic (exact) mass is 397 g/mol. The summed E-state index contributed by atoms with van der Waals surface area (Å²) in [5.41, 5.74) is 1.29. The zero-order chi connectivity index (χ0) is 20.5. The van der Waals surface area contributed by atoms with Gasteiger partial charge in [-0.3, -0.25) is 4.79 Å². The van der Waals surface area contributed by atoms with Gasteiger partial charge in [0.25, 0.3) is 5.91 Å². The van der Waals surface area contributed by atoms with Crippen molar-refractivity contribution in [3.63, 3.8) is 0 Å². The van der Waals surface area contributed by atoms with E-state index in [0.29, 0.717) is 43.7 Å². The van der Waals surface area contributed by atoms with Gasteiger partial charge in [-0.05, 0) is 55.2 Å². The van der Waals surface area contributed by atoms with E-state index in [1.54, 1.807) is 17.9 Å². The van der Waals surface area contributed by atoms with Gasteiger partial charge in [0, 0.05) is 19.5 Å². The number of amides is 1. The minimum absolute atomic E-state index is 0.0909. The van der Waals surface area contributed by atoms with Crippen molar-refractivity contribution >= 4 is 5.91 Å². The third kappa shape index (κ3) is 4.14. The van der Waals surface area contributed by atoms with Crippen molar-refractivity contribution in [1.29, 1.82) is 0 Å². The highest BCUT2D eigenvalue weighted by atomic mass is 16.4. The molecular formula is C23H27NO5. The fraction of sp³-hybridized carbons (Fsp3) is 0.478. The number of aliphatic hydroxyl groups is 2. The molecule has 1 aromatic heterocycles. The Bertz CT molecular complexity index is 920. The van der Waals surface area contributed by atoms with Crippen LogP contribution >= 0.6 is 0 Å². The summed E-state index contributed by atoms with van der Waals surface area (Å²) in [5, 5.41) is 19.8. The lowest BCUT2D eigenvalue weighted by Crippen LogP contribution is -2.38. The number of aryl methyl sites for hydroxylation is 3. The summed E-state index contributed by atoms with van der Waals surface area (Å²) in [6.45, 7) is 2.77. The Balaban J connectivity index is 1.47. The Morgan fingerprint density at radius 3 is 2.28 bits per heavy atom. The maximum atomic E-state index is 13.0. The molecule has 1 saturated carbocycles. The van der Waals surface area contributed by atoms with Crippen LogP contribution in [0.3, 0.4) is 0 Å². The predicted molar refractivity (Wildman–Crippen MR) is 108 cm³/mol. The summed E-state index contributed by atoms with van der Waals surface area (Å²) < 4.78 is 5.46. The van der Waals surface area contributed by atoms with E-state index < -0.39 is 17.8 Å². The lowest BCUT2D eigenvalue weighted by Gasteiger charge is -2.31. The van der Waals surface area contributed by atoms with Crippen molar-refractivity contribution in [2.45, 2.75) is 44.8 Å². The van der Waals surface area contributed by atoms with Crippen LogP contribution in [-0.4, -0.2) is 46.3 Å². The summed E-state index contributed by atoms with van der Waals surface area (Å²) in [7, 11) is 0. The molecule has 0 spiro atoms. The SMILES string of the molecule is Cc1cc(CCc2ccccc2)oc(=O)c1C(=O)N1C[C@H]2C[C@H](O)[C@@H](O)C[C@H]2C1. The van der Waals surface area contributed by atoms with Crippen molar-refractivity contribution in [2.24, 2.45) is 11.8 Å². The van der Waals surface area contributed by atoms with Crippen LogP contribution in [0.25, 0.3) is 0 Å². The second-order valence-corrected chi connectivity index (χ2v) is 8.38. The fourth-order valence-corrected chi connectivity index (χ4v) is 4.70. The summed E-state index contributed by atoms with van der Waals surface area (Å²) in [6, 6.07) is 11.8. The molecule has 1 aliphatic carbocycles. The predicted octanol–water partition coefficient (Wildman–Crippen LogP) is 1.94. The van der Waals surface area contributed by atoms with E-state index in [1.165, 1.54) is 0 Å². The van der Waals surface area contributed by atoms with Crippen LogP contribution in [0.1, 0.15) is 40.1 Å². The van der Waals surface area contributed by atoms with Crippen LogP contribution in [0.2, 0.25) is 0 Å². The second kappa shape index (κ2) is 8.13. The van der Waals surface area contributed by atoms with E-state index in [0.717, 1.165) is 12.0 Å². The van der Waals surface area contributed by atoms with Gasteiger partial charge >= 0.3 is 5.63 Å². The van der Waals surface area contributed by atoms with Crippen LogP contribution in [0.4, 0.5) is 0 Å². The Morgan fingerprint density at radius 2 is 1.69 bits per heavy atom. The Kier molecular flexibility index (Phi) is 5.56. The van der Waals surface area contributed by atoms with Gasteiger partial charge in [-0.15, -0.1) is 0 Å². The average Bonchev–Trinajstić information content (AvgIpc) is 3.09. The number of hydrogen-bond donors (Lipinski definition) is 2. The Morgan fingerprint density at radius 1 is 1.07 bits per heavy atom. The third-order valence-electron chi connectivity index (χ3n) is 6.31. The van der Waals surface area contributed by atoms with Crippen molar-refractivity contribution < 1.29 is 19.4 Å². The molecule has 154 valence electrons. The van der Waals surface area contributed by atoms with Gasteiger partial charge in [0.1, 0.15) is 11.3 Å². The zero-order valence-electron chi connectivity index (χ0n) is 16.6. The van der Waals surface area contributed by atoms with E-state index in [4.69, 9.17) is 4.42 Å². The van der Waals surface area contributed by atoms with Crippen molar-refractivity contribution in [3.8, 4) is 0 Å². The van der Waals surface area contributed by atoms with Gasteiger partial charge < -0.3 is 19.5 Å². The molecule has 0 bridgehead atoms. The van der Waals surface area contributed by atoms with Gasteiger partial charge in [-0.2, -0.15) is 0 Å². The molecule has 2 aliphatic rings. The number of fused-ring (bicyclic) bond motifs is 1. The molecule has 1 saturated heterocycles. The zero-order valence-corrected chi connectivity index (χ0v) is 16.6. The first-order valence-corrected chi connectivity index (χ1v) is 10.3. The van der Waals surface area contributed by atoms with Gasteiger partial charge in [0.15, 0.2) is 0 Å².